The van der Waals surface area contributed by atoms with Crippen LogP contribution in [0.4, 0.5) is 5.69 Å². The van der Waals surface area contributed by atoms with E-state index in [1.165, 1.54) is 31.3 Å². The van der Waals surface area contributed by atoms with Crippen LogP contribution in [0.1, 0.15) is 38.5 Å². The second-order valence-corrected chi connectivity index (χ2v) is 7.46. The van der Waals surface area contributed by atoms with Crippen molar-refractivity contribution in [3.05, 3.63) is 35.9 Å². The molecule has 1 aromatic carbocycles. The molecule has 1 amide bonds. The predicted molar refractivity (Wildman–Crippen MR) is 110 cm³/mol. The number of carbonyl (C=O) groups is 1. The molecule has 0 radical (unpaired) electrons. The van der Waals surface area contributed by atoms with E-state index in [0.29, 0.717) is 6.42 Å². The number of benzene rings is 1. The van der Waals surface area contributed by atoms with Crippen LogP contribution >= 0.6 is 0 Å². The third-order valence-corrected chi connectivity index (χ3v) is 5.61. The van der Waals surface area contributed by atoms with Gasteiger partial charge in [0, 0.05) is 45.7 Å². The van der Waals surface area contributed by atoms with Crippen molar-refractivity contribution in [1.82, 2.24) is 10.2 Å². The zero-order chi connectivity index (χ0) is 18.9. The summed E-state index contributed by atoms with van der Waals surface area (Å²) in [6, 6.07) is 8.18. The van der Waals surface area contributed by atoms with E-state index in [1.807, 2.05) is 12.1 Å². The van der Waals surface area contributed by atoms with E-state index in [1.54, 1.807) is 7.11 Å². The molecular formula is C22H33N3O2. The minimum absolute atomic E-state index is 0.179. The SMILES string of the molecule is COc1ccccc1N1CCN(CCC(=O)NCCC2=CCCCC2)CC1. The fourth-order valence-electron chi connectivity index (χ4n) is 3.95. The Balaban J connectivity index is 1.33. The average Bonchev–Trinajstić information content (AvgIpc) is 2.73. The third-order valence-electron chi connectivity index (χ3n) is 5.61. The van der Waals surface area contributed by atoms with Gasteiger partial charge in [-0.3, -0.25) is 9.69 Å². The first-order valence-corrected chi connectivity index (χ1v) is 10.3. The fraction of sp³-hybridized carbons (Fsp3) is 0.591. The molecule has 0 saturated carbocycles. The number of methoxy groups -OCH3 is 1. The monoisotopic (exact) mass is 371 g/mol. The molecule has 1 saturated heterocycles. The summed E-state index contributed by atoms with van der Waals surface area (Å²) >= 11 is 0. The summed E-state index contributed by atoms with van der Waals surface area (Å²) in [6.45, 7) is 5.53. The summed E-state index contributed by atoms with van der Waals surface area (Å²) in [6.07, 6.45) is 9.02. The second-order valence-electron chi connectivity index (χ2n) is 7.46. The van der Waals surface area contributed by atoms with Gasteiger partial charge in [0.1, 0.15) is 5.75 Å². The highest BCUT2D eigenvalue weighted by Crippen LogP contribution is 2.28. The maximum Gasteiger partial charge on any atom is 0.221 e. The number of anilines is 1. The zero-order valence-electron chi connectivity index (χ0n) is 16.6. The highest BCUT2D eigenvalue weighted by atomic mass is 16.5. The number of piperazine rings is 1. The number of carbonyl (C=O) groups excluding carboxylic acids is 1. The fourth-order valence-corrected chi connectivity index (χ4v) is 3.95. The quantitative estimate of drug-likeness (QED) is 0.713. The molecule has 0 atom stereocenters. The molecular weight excluding hydrogens is 338 g/mol. The molecule has 148 valence electrons. The first-order chi connectivity index (χ1) is 13.3. The molecule has 5 nitrogen and oxygen atoms in total. The first kappa shape index (κ1) is 19.7. The summed E-state index contributed by atoms with van der Waals surface area (Å²) in [7, 11) is 1.72. The molecule has 1 heterocycles. The Hall–Kier alpha value is -2.01. The lowest BCUT2D eigenvalue weighted by Gasteiger charge is -2.36. The standard InChI is InChI=1S/C22H33N3O2/c1-27-21-10-6-5-9-20(21)25-17-15-24(16-18-25)14-12-22(26)23-13-11-19-7-3-2-4-8-19/h5-7,9-10H,2-4,8,11-18H2,1H3,(H,23,26). The van der Waals surface area contributed by atoms with Crippen LogP contribution in [0.15, 0.2) is 35.9 Å². The topological polar surface area (TPSA) is 44.8 Å². The molecule has 1 fully saturated rings. The Labute approximate surface area is 163 Å². The van der Waals surface area contributed by atoms with Crippen molar-refractivity contribution in [1.29, 1.82) is 0 Å². The van der Waals surface area contributed by atoms with Crippen molar-refractivity contribution in [2.75, 3.05) is 51.3 Å². The number of hydrogen-bond acceptors (Lipinski definition) is 4. The Morgan fingerprint density at radius 3 is 2.70 bits per heavy atom. The number of para-hydroxylation sites is 2. The zero-order valence-corrected chi connectivity index (χ0v) is 16.6. The normalized spacial score (nSPS) is 18.1. The maximum absolute atomic E-state index is 12.1. The minimum Gasteiger partial charge on any atom is -0.495 e. The summed E-state index contributed by atoms with van der Waals surface area (Å²) in [5, 5.41) is 3.09. The van der Waals surface area contributed by atoms with Crippen LogP contribution in [0.25, 0.3) is 0 Å². The second kappa shape index (κ2) is 10.4. The predicted octanol–water partition coefficient (Wildman–Crippen LogP) is 3.21. The molecule has 0 unspecified atom stereocenters. The van der Waals surface area contributed by atoms with Crippen LogP contribution in [-0.4, -0.2) is 57.2 Å². The smallest absolute Gasteiger partial charge is 0.221 e. The van der Waals surface area contributed by atoms with Gasteiger partial charge in [-0.15, -0.1) is 0 Å². The van der Waals surface area contributed by atoms with Crippen molar-refractivity contribution in [3.63, 3.8) is 0 Å². The lowest BCUT2D eigenvalue weighted by Crippen LogP contribution is -2.47. The van der Waals surface area contributed by atoms with Gasteiger partial charge in [0.25, 0.3) is 0 Å². The highest BCUT2D eigenvalue weighted by Gasteiger charge is 2.19. The largest absolute Gasteiger partial charge is 0.495 e. The molecule has 1 aliphatic carbocycles. The van der Waals surface area contributed by atoms with Gasteiger partial charge in [-0.2, -0.15) is 0 Å². The summed E-state index contributed by atoms with van der Waals surface area (Å²) < 4.78 is 5.47. The first-order valence-electron chi connectivity index (χ1n) is 10.3. The Morgan fingerprint density at radius 1 is 1.15 bits per heavy atom. The Kier molecular flexibility index (Phi) is 7.57. The number of ether oxygens (including phenoxy) is 1. The van der Waals surface area contributed by atoms with Crippen LogP contribution in [0.2, 0.25) is 0 Å². The summed E-state index contributed by atoms with van der Waals surface area (Å²) in [4.78, 5) is 16.9. The van der Waals surface area contributed by atoms with Gasteiger partial charge >= 0.3 is 0 Å². The number of nitrogens with zero attached hydrogens (tertiary/aromatic N) is 2. The van der Waals surface area contributed by atoms with E-state index < -0.39 is 0 Å². The number of rotatable bonds is 8. The molecule has 0 aromatic heterocycles. The van der Waals surface area contributed by atoms with Crippen LogP contribution < -0.4 is 15.0 Å². The molecule has 5 heteroatoms. The van der Waals surface area contributed by atoms with E-state index in [4.69, 9.17) is 4.74 Å². The van der Waals surface area contributed by atoms with Crippen LogP contribution in [0, 0.1) is 0 Å². The lowest BCUT2D eigenvalue weighted by atomic mass is 9.97. The number of hydrogen-bond donors (Lipinski definition) is 1. The van der Waals surface area contributed by atoms with Gasteiger partial charge in [0.05, 0.1) is 12.8 Å². The van der Waals surface area contributed by atoms with Gasteiger partial charge in [-0.1, -0.05) is 23.8 Å². The Morgan fingerprint density at radius 2 is 1.96 bits per heavy atom. The van der Waals surface area contributed by atoms with Gasteiger partial charge in [0.15, 0.2) is 0 Å². The van der Waals surface area contributed by atoms with E-state index in [2.05, 4.69) is 33.3 Å². The van der Waals surface area contributed by atoms with E-state index >= 15 is 0 Å². The van der Waals surface area contributed by atoms with Crippen LogP contribution in [0.3, 0.4) is 0 Å². The average molecular weight is 372 g/mol. The number of amides is 1. The Bertz CT molecular complexity index is 636. The van der Waals surface area contributed by atoms with Crippen molar-refractivity contribution >= 4 is 11.6 Å². The van der Waals surface area contributed by atoms with Crippen molar-refractivity contribution < 1.29 is 9.53 Å². The lowest BCUT2D eigenvalue weighted by molar-refractivity contribution is -0.121. The van der Waals surface area contributed by atoms with Crippen LogP contribution in [0.5, 0.6) is 5.75 Å². The molecule has 27 heavy (non-hydrogen) atoms. The summed E-state index contributed by atoms with van der Waals surface area (Å²) in [5.41, 5.74) is 2.68. The maximum atomic E-state index is 12.1. The molecule has 1 aliphatic heterocycles. The van der Waals surface area contributed by atoms with Crippen molar-refractivity contribution in [3.8, 4) is 5.75 Å². The van der Waals surface area contributed by atoms with Gasteiger partial charge in [-0.05, 0) is 44.2 Å². The van der Waals surface area contributed by atoms with Crippen molar-refractivity contribution in [2.45, 2.75) is 38.5 Å². The number of allylic oxidation sites excluding steroid dienone is 1. The highest BCUT2D eigenvalue weighted by molar-refractivity contribution is 5.76. The summed E-state index contributed by atoms with van der Waals surface area (Å²) in [5.74, 6) is 1.11. The van der Waals surface area contributed by atoms with E-state index in [-0.39, 0.29) is 5.91 Å². The van der Waals surface area contributed by atoms with Gasteiger partial charge in [0.2, 0.25) is 5.91 Å². The molecule has 1 N–H and O–H groups in total. The molecule has 0 bridgehead atoms. The number of nitrogens with one attached hydrogen (secondary N) is 1. The van der Waals surface area contributed by atoms with Gasteiger partial charge in [-0.25, -0.2) is 0 Å². The van der Waals surface area contributed by atoms with E-state index in [9.17, 15) is 4.79 Å². The minimum atomic E-state index is 0.179. The molecule has 3 rings (SSSR count). The van der Waals surface area contributed by atoms with E-state index in [0.717, 1.165) is 57.1 Å². The molecule has 2 aliphatic rings. The molecule has 0 spiro atoms. The molecule has 1 aromatic rings. The van der Waals surface area contributed by atoms with Crippen LogP contribution in [-0.2, 0) is 4.79 Å². The third kappa shape index (κ3) is 5.99. The van der Waals surface area contributed by atoms with Crippen molar-refractivity contribution in [2.24, 2.45) is 0 Å². The van der Waals surface area contributed by atoms with Gasteiger partial charge < -0.3 is 15.0 Å².